The molecule has 98 valence electrons. The highest BCUT2D eigenvalue weighted by Crippen LogP contribution is 2.37. The Hall–Kier alpha value is -1.16. The van der Waals surface area contributed by atoms with Gasteiger partial charge in [-0.3, -0.25) is 0 Å². The predicted molar refractivity (Wildman–Crippen MR) is 72.6 cm³/mol. The lowest BCUT2D eigenvalue weighted by Gasteiger charge is -2.36. The molecule has 1 N–H and O–H groups in total. The van der Waals surface area contributed by atoms with Crippen LogP contribution in [-0.4, -0.2) is 40.5 Å². The maximum atomic E-state index is 4.30. The van der Waals surface area contributed by atoms with Gasteiger partial charge >= 0.3 is 0 Å². The zero-order chi connectivity index (χ0) is 12.5. The Balaban J connectivity index is 1.54. The van der Waals surface area contributed by atoms with Crippen molar-refractivity contribution in [3.05, 3.63) is 18.0 Å². The number of rotatable bonds is 3. The summed E-state index contributed by atoms with van der Waals surface area (Å²) in [5.41, 5.74) is 1.11. The average molecular weight is 246 g/mol. The van der Waals surface area contributed by atoms with Crippen molar-refractivity contribution in [2.75, 3.05) is 18.9 Å². The molecule has 0 spiro atoms. The van der Waals surface area contributed by atoms with Crippen molar-refractivity contribution < 1.29 is 0 Å². The molecule has 4 nitrogen and oxygen atoms in total. The molecule has 0 aromatic carbocycles. The summed E-state index contributed by atoms with van der Waals surface area (Å²) in [7, 11) is 2.29. The summed E-state index contributed by atoms with van der Waals surface area (Å²) in [5, 5.41) is 3.38. The van der Waals surface area contributed by atoms with Crippen LogP contribution in [0.4, 0.5) is 5.95 Å². The third-order valence-electron chi connectivity index (χ3n) is 4.53. The van der Waals surface area contributed by atoms with E-state index < -0.39 is 0 Å². The number of nitrogens with zero attached hydrogens (tertiary/aromatic N) is 3. The Morgan fingerprint density at radius 3 is 2.44 bits per heavy atom. The Bertz CT molecular complexity index is 389. The zero-order valence-electron chi connectivity index (χ0n) is 11.3. The lowest BCUT2D eigenvalue weighted by atomic mass is 9.91. The molecule has 2 aliphatic heterocycles. The summed E-state index contributed by atoms with van der Waals surface area (Å²) in [5.74, 6) is 1.55. The zero-order valence-corrected chi connectivity index (χ0v) is 11.3. The topological polar surface area (TPSA) is 41.1 Å². The molecule has 0 saturated carbocycles. The van der Waals surface area contributed by atoms with E-state index in [2.05, 4.69) is 27.2 Å². The van der Waals surface area contributed by atoms with E-state index in [0.29, 0.717) is 0 Å². The second-order valence-electron chi connectivity index (χ2n) is 5.85. The average Bonchev–Trinajstić information content (AvgIpc) is 2.62. The molecular weight excluding hydrogens is 224 g/mol. The molecule has 2 saturated heterocycles. The van der Waals surface area contributed by atoms with Crippen LogP contribution >= 0.6 is 0 Å². The highest BCUT2D eigenvalue weighted by molar-refractivity contribution is 5.24. The van der Waals surface area contributed by atoms with E-state index in [4.69, 9.17) is 0 Å². The molecule has 0 aliphatic carbocycles. The van der Waals surface area contributed by atoms with Crippen molar-refractivity contribution in [2.24, 2.45) is 5.92 Å². The van der Waals surface area contributed by atoms with Crippen LogP contribution in [0.15, 0.2) is 12.4 Å². The molecule has 3 rings (SSSR count). The largest absolute Gasteiger partial charge is 0.354 e. The Morgan fingerprint density at radius 2 is 1.83 bits per heavy atom. The van der Waals surface area contributed by atoms with Crippen LogP contribution in [0, 0.1) is 12.8 Å². The number of hydrogen-bond acceptors (Lipinski definition) is 4. The van der Waals surface area contributed by atoms with Crippen molar-refractivity contribution in [2.45, 2.75) is 44.7 Å². The lowest BCUT2D eigenvalue weighted by molar-refractivity contribution is 0.139. The quantitative estimate of drug-likeness (QED) is 0.886. The summed E-state index contributed by atoms with van der Waals surface area (Å²) in [6.45, 7) is 3.03. The maximum Gasteiger partial charge on any atom is 0.222 e. The minimum atomic E-state index is 0.770. The first-order valence-corrected chi connectivity index (χ1v) is 6.97. The van der Waals surface area contributed by atoms with Crippen LogP contribution in [0.25, 0.3) is 0 Å². The molecule has 4 heteroatoms. The smallest absolute Gasteiger partial charge is 0.222 e. The van der Waals surface area contributed by atoms with Crippen LogP contribution < -0.4 is 5.32 Å². The molecular formula is C14H22N4. The summed E-state index contributed by atoms with van der Waals surface area (Å²) < 4.78 is 0. The van der Waals surface area contributed by atoms with Crippen LogP contribution in [0.5, 0.6) is 0 Å². The van der Waals surface area contributed by atoms with Crippen LogP contribution in [0.3, 0.4) is 0 Å². The van der Waals surface area contributed by atoms with Crippen molar-refractivity contribution in [3.8, 4) is 0 Å². The minimum Gasteiger partial charge on any atom is -0.354 e. The maximum absolute atomic E-state index is 4.30. The van der Waals surface area contributed by atoms with Crippen LogP contribution in [0.2, 0.25) is 0 Å². The van der Waals surface area contributed by atoms with Crippen molar-refractivity contribution >= 4 is 5.95 Å². The van der Waals surface area contributed by atoms with E-state index in [-0.39, 0.29) is 0 Å². The molecule has 0 radical (unpaired) electrons. The normalized spacial score (nSPS) is 31.6. The van der Waals surface area contributed by atoms with Crippen LogP contribution in [-0.2, 0) is 0 Å². The van der Waals surface area contributed by atoms with Gasteiger partial charge in [0.2, 0.25) is 5.95 Å². The number of fused-ring (bicyclic) bond motifs is 2. The molecule has 2 fully saturated rings. The number of anilines is 1. The van der Waals surface area contributed by atoms with E-state index in [1.54, 1.807) is 0 Å². The molecule has 18 heavy (non-hydrogen) atoms. The number of aryl methyl sites for hydroxylation is 1. The fourth-order valence-electron chi connectivity index (χ4n) is 3.41. The standard InChI is InChI=1S/C14H22N4/c1-10-7-15-14(16-8-10)17-9-11-5-12-3-4-13(6-11)18(12)2/h7-8,11-13H,3-6,9H2,1-2H3,(H,15,16,17). The number of hydrogen-bond donors (Lipinski definition) is 1. The first kappa shape index (κ1) is 11.9. The Kier molecular flexibility index (Phi) is 3.20. The number of nitrogens with one attached hydrogen (secondary N) is 1. The summed E-state index contributed by atoms with van der Waals surface area (Å²) in [6.07, 6.45) is 9.16. The van der Waals surface area contributed by atoms with Gasteiger partial charge in [-0.25, -0.2) is 9.97 Å². The fraction of sp³-hybridized carbons (Fsp3) is 0.714. The Labute approximate surface area is 109 Å². The van der Waals surface area contributed by atoms with Gasteiger partial charge in [0, 0.05) is 31.0 Å². The van der Waals surface area contributed by atoms with Crippen molar-refractivity contribution in [1.29, 1.82) is 0 Å². The molecule has 2 bridgehead atoms. The van der Waals surface area contributed by atoms with E-state index in [0.717, 1.165) is 36.1 Å². The number of piperidine rings is 1. The van der Waals surface area contributed by atoms with E-state index in [9.17, 15) is 0 Å². The minimum absolute atomic E-state index is 0.770. The Morgan fingerprint density at radius 1 is 1.22 bits per heavy atom. The van der Waals surface area contributed by atoms with Crippen molar-refractivity contribution in [1.82, 2.24) is 14.9 Å². The molecule has 2 unspecified atom stereocenters. The van der Waals surface area contributed by atoms with Gasteiger partial charge in [-0.15, -0.1) is 0 Å². The van der Waals surface area contributed by atoms with Gasteiger partial charge in [0.05, 0.1) is 0 Å². The van der Waals surface area contributed by atoms with Gasteiger partial charge in [0.25, 0.3) is 0 Å². The van der Waals surface area contributed by atoms with Gasteiger partial charge in [0.1, 0.15) is 0 Å². The molecule has 1 aromatic rings. The monoisotopic (exact) mass is 246 g/mol. The molecule has 0 amide bonds. The van der Waals surface area contributed by atoms with Gasteiger partial charge in [-0.2, -0.15) is 0 Å². The van der Waals surface area contributed by atoms with Gasteiger partial charge in [0.15, 0.2) is 0 Å². The van der Waals surface area contributed by atoms with E-state index in [1.807, 2.05) is 19.3 Å². The SMILES string of the molecule is Cc1cnc(NCC2CC3CCC(C2)N3C)nc1. The van der Waals surface area contributed by atoms with Gasteiger partial charge in [-0.05, 0) is 51.1 Å². The first-order chi connectivity index (χ1) is 8.72. The summed E-state index contributed by atoms with van der Waals surface area (Å²) in [6, 6.07) is 1.63. The summed E-state index contributed by atoms with van der Waals surface area (Å²) in [4.78, 5) is 11.2. The summed E-state index contributed by atoms with van der Waals surface area (Å²) >= 11 is 0. The second kappa shape index (κ2) is 4.84. The first-order valence-electron chi connectivity index (χ1n) is 6.97. The third kappa shape index (κ3) is 2.34. The molecule has 2 aliphatic rings. The third-order valence-corrected chi connectivity index (χ3v) is 4.53. The second-order valence-corrected chi connectivity index (χ2v) is 5.85. The highest BCUT2D eigenvalue weighted by Gasteiger charge is 2.38. The highest BCUT2D eigenvalue weighted by atomic mass is 15.2. The lowest BCUT2D eigenvalue weighted by Crippen LogP contribution is -2.41. The molecule has 2 atom stereocenters. The number of aromatic nitrogens is 2. The van der Waals surface area contributed by atoms with E-state index >= 15 is 0 Å². The van der Waals surface area contributed by atoms with Gasteiger partial charge < -0.3 is 10.2 Å². The molecule has 3 heterocycles. The molecule has 1 aromatic heterocycles. The predicted octanol–water partition coefficient (Wildman–Crippen LogP) is 2.07. The van der Waals surface area contributed by atoms with Gasteiger partial charge in [-0.1, -0.05) is 0 Å². The fourth-order valence-corrected chi connectivity index (χ4v) is 3.41. The van der Waals surface area contributed by atoms with E-state index in [1.165, 1.54) is 25.7 Å². The van der Waals surface area contributed by atoms with Crippen molar-refractivity contribution in [3.63, 3.8) is 0 Å². The van der Waals surface area contributed by atoms with Crippen LogP contribution in [0.1, 0.15) is 31.2 Å².